The maximum Gasteiger partial charge on any atom is 0.0441 e. The molecule has 3 rings (SSSR count). The summed E-state index contributed by atoms with van der Waals surface area (Å²) in [7, 11) is 0. The van der Waals surface area contributed by atoms with Crippen LogP contribution < -0.4 is 10.6 Å². The highest BCUT2D eigenvalue weighted by atomic mass is 15.1. The zero-order chi connectivity index (χ0) is 11.7. The fourth-order valence-electron chi connectivity index (χ4n) is 3.08. The van der Waals surface area contributed by atoms with Gasteiger partial charge in [0.05, 0.1) is 0 Å². The predicted molar refractivity (Wildman–Crippen MR) is 71.1 cm³/mol. The van der Waals surface area contributed by atoms with Crippen LogP contribution >= 0.6 is 0 Å². The molecule has 17 heavy (non-hydrogen) atoms. The van der Waals surface area contributed by atoms with Gasteiger partial charge >= 0.3 is 0 Å². The fourth-order valence-corrected chi connectivity index (χ4v) is 3.08. The highest BCUT2D eigenvalue weighted by Gasteiger charge is 2.46. The molecule has 1 saturated heterocycles. The summed E-state index contributed by atoms with van der Waals surface area (Å²) in [6.07, 6.45) is 5.16. The van der Waals surface area contributed by atoms with Gasteiger partial charge in [0.2, 0.25) is 0 Å². The van der Waals surface area contributed by atoms with Crippen molar-refractivity contribution in [1.82, 2.24) is 10.6 Å². The summed E-state index contributed by atoms with van der Waals surface area (Å²) in [6.45, 7) is 4.57. The van der Waals surface area contributed by atoms with E-state index in [9.17, 15) is 0 Å². The van der Waals surface area contributed by atoms with Gasteiger partial charge in [-0.2, -0.15) is 0 Å². The largest absolute Gasteiger partial charge is 0.317 e. The van der Waals surface area contributed by atoms with Crippen LogP contribution in [0.15, 0.2) is 24.3 Å². The van der Waals surface area contributed by atoms with Crippen LogP contribution in [-0.2, 0) is 5.54 Å². The minimum absolute atomic E-state index is 0.313. The van der Waals surface area contributed by atoms with E-state index in [1.54, 1.807) is 0 Å². The van der Waals surface area contributed by atoms with Crippen LogP contribution in [0.2, 0.25) is 0 Å². The third-order valence-electron chi connectivity index (χ3n) is 4.23. The van der Waals surface area contributed by atoms with Gasteiger partial charge < -0.3 is 10.6 Å². The van der Waals surface area contributed by atoms with Gasteiger partial charge in [0.1, 0.15) is 0 Å². The lowest BCUT2D eigenvalue weighted by molar-refractivity contribution is 0.339. The molecule has 2 heteroatoms. The molecule has 0 radical (unpaired) electrons. The van der Waals surface area contributed by atoms with Gasteiger partial charge in [-0.25, -0.2) is 0 Å². The maximum atomic E-state index is 3.92. The lowest BCUT2D eigenvalue weighted by Gasteiger charge is -2.30. The van der Waals surface area contributed by atoms with Crippen LogP contribution in [0.3, 0.4) is 0 Å². The molecule has 92 valence electrons. The molecule has 0 unspecified atom stereocenters. The topological polar surface area (TPSA) is 24.1 Å². The average Bonchev–Trinajstić information content (AvgIpc) is 3.12. The molecule has 0 spiro atoms. The number of benzene rings is 1. The Balaban J connectivity index is 1.75. The predicted octanol–water partition coefficient (Wildman–Crippen LogP) is 2.33. The Labute approximate surface area is 104 Å². The molecular weight excluding hydrogens is 208 g/mol. The quantitative estimate of drug-likeness (QED) is 0.833. The van der Waals surface area contributed by atoms with Crippen LogP contribution in [0.5, 0.6) is 0 Å². The highest BCUT2D eigenvalue weighted by Crippen LogP contribution is 2.47. The van der Waals surface area contributed by atoms with Crippen LogP contribution in [0.4, 0.5) is 0 Å². The van der Waals surface area contributed by atoms with E-state index in [4.69, 9.17) is 0 Å². The van der Waals surface area contributed by atoms with Crippen molar-refractivity contribution in [3.05, 3.63) is 35.4 Å². The first-order valence-corrected chi connectivity index (χ1v) is 6.85. The van der Waals surface area contributed by atoms with Crippen LogP contribution in [-0.4, -0.2) is 19.1 Å². The summed E-state index contributed by atoms with van der Waals surface area (Å²) in [5, 5.41) is 7.36. The van der Waals surface area contributed by atoms with E-state index in [2.05, 4.69) is 41.8 Å². The molecular formula is C15H22N2. The molecule has 2 aliphatic rings. The first-order chi connectivity index (χ1) is 8.30. The van der Waals surface area contributed by atoms with E-state index in [0.29, 0.717) is 11.6 Å². The molecule has 1 heterocycles. The van der Waals surface area contributed by atoms with Crippen molar-refractivity contribution >= 4 is 0 Å². The van der Waals surface area contributed by atoms with Crippen LogP contribution in [0.25, 0.3) is 0 Å². The van der Waals surface area contributed by atoms with Crippen molar-refractivity contribution in [3.8, 4) is 0 Å². The Morgan fingerprint density at radius 2 is 1.88 bits per heavy atom. The molecule has 1 aliphatic carbocycles. The molecule has 2 N–H and O–H groups in total. The number of hydrogen-bond donors (Lipinski definition) is 2. The van der Waals surface area contributed by atoms with Gasteiger partial charge in [-0.3, -0.25) is 0 Å². The van der Waals surface area contributed by atoms with Crippen molar-refractivity contribution < 1.29 is 0 Å². The maximum absolute atomic E-state index is 3.92. The molecule has 0 amide bonds. The Hall–Kier alpha value is -0.860. The SMILES string of the molecule is Cc1ccccc1C1(NC2CCNCC2)CC1. The minimum atomic E-state index is 0.313. The average molecular weight is 230 g/mol. The fraction of sp³-hybridized carbons (Fsp3) is 0.600. The molecule has 2 nitrogen and oxygen atoms in total. The molecule has 1 aromatic rings. The van der Waals surface area contributed by atoms with Crippen LogP contribution in [0, 0.1) is 6.92 Å². The normalized spacial score (nSPS) is 23.6. The second-order valence-corrected chi connectivity index (χ2v) is 5.57. The van der Waals surface area contributed by atoms with Gasteiger partial charge in [0.15, 0.2) is 0 Å². The molecule has 1 saturated carbocycles. The smallest absolute Gasteiger partial charge is 0.0441 e. The Morgan fingerprint density at radius 3 is 2.53 bits per heavy atom. The van der Waals surface area contributed by atoms with Gasteiger partial charge in [-0.05, 0) is 56.8 Å². The van der Waals surface area contributed by atoms with Gasteiger partial charge in [0, 0.05) is 11.6 Å². The summed E-state index contributed by atoms with van der Waals surface area (Å²) in [6, 6.07) is 9.56. The number of nitrogens with one attached hydrogen (secondary N) is 2. The molecule has 1 aromatic carbocycles. The number of aryl methyl sites for hydroxylation is 1. The van der Waals surface area contributed by atoms with E-state index in [-0.39, 0.29) is 0 Å². The third kappa shape index (κ3) is 2.24. The summed E-state index contributed by atoms with van der Waals surface area (Å²) in [4.78, 5) is 0. The molecule has 1 aliphatic heterocycles. The molecule has 2 fully saturated rings. The van der Waals surface area contributed by atoms with E-state index >= 15 is 0 Å². The van der Waals surface area contributed by atoms with Crippen molar-refractivity contribution in [2.75, 3.05) is 13.1 Å². The second-order valence-electron chi connectivity index (χ2n) is 5.57. The monoisotopic (exact) mass is 230 g/mol. The van der Waals surface area contributed by atoms with Gasteiger partial charge in [-0.1, -0.05) is 24.3 Å². The highest BCUT2D eigenvalue weighted by molar-refractivity contribution is 5.37. The number of piperidine rings is 1. The Kier molecular flexibility index (Phi) is 2.93. The Morgan fingerprint density at radius 1 is 1.18 bits per heavy atom. The second kappa shape index (κ2) is 4.43. The summed E-state index contributed by atoms with van der Waals surface area (Å²) >= 11 is 0. The first-order valence-electron chi connectivity index (χ1n) is 6.85. The van der Waals surface area contributed by atoms with E-state index in [1.807, 2.05) is 0 Å². The van der Waals surface area contributed by atoms with Crippen LogP contribution in [0.1, 0.15) is 36.8 Å². The van der Waals surface area contributed by atoms with Crippen molar-refractivity contribution in [1.29, 1.82) is 0 Å². The standard InChI is InChI=1S/C15H22N2/c1-12-4-2-3-5-14(12)15(8-9-15)17-13-6-10-16-11-7-13/h2-5,13,16-17H,6-11H2,1H3. The van der Waals surface area contributed by atoms with Crippen molar-refractivity contribution in [2.45, 2.75) is 44.2 Å². The summed E-state index contributed by atoms with van der Waals surface area (Å²) < 4.78 is 0. The van der Waals surface area contributed by atoms with Crippen molar-refractivity contribution in [3.63, 3.8) is 0 Å². The van der Waals surface area contributed by atoms with Crippen molar-refractivity contribution in [2.24, 2.45) is 0 Å². The zero-order valence-electron chi connectivity index (χ0n) is 10.6. The first kappa shape index (κ1) is 11.2. The molecule has 0 atom stereocenters. The lowest BCUT2D eigenvalue weighted by atomic mass is 9.96. The molecule has 0 aromatic heterocycles. The Bertz CT molecular complexity index is 390. The van der Waals surface area contributed by atoms with E-state index in [0.717, 1.165) is 0 Å². The molecule has 0 bridgehead atoms. The third-order valence-corrected chi connectivity index (χ3v) is 4.23. The zero-order valence-corrected chi connectivity index (χ0v) is 10.6. The van der Waals surface area contributed by atoms with Gasteiger partial charge in [-0.15, -0.1) is 0 Å². The summed E-state index contributed by atoms with van der Waals surface area (Å²) in [5.41, 5.74) is 3.28. The number of rotatable bonds is 3. The minimum Gasteiger partial charge on any atom is -0.317 e. The van der Waals surface area contributed by atoms with E-state index < -0.39 is 0 Å². The lowest BCUT2D eigenvalue weighted by Crippen LogP contribution is -2.45. The van der Waals surface area contributed by atoms with E-state index in [1.165, 1.54) is 49.9 Å². The van der Waals surface area contributed by atoms with Gasteiger partial charge in [0.25, 0.3) is 0 Å². The summed E-state index contributed by atoms with van der Waals surface area (Å²) in [5.74, 6) is 0. The number of hydrogen-bond acceptors (Lipinski definition) is 2.